The molecule has 1 aliphatic carbocycles. The van der Waals surface area contributed by atoms with Gasteiger partial charge in [0.05, 0.1) is 5.52 Å². The Hall–Kier alpha value is -1.75. The highest BCUT2D eigenvalue weighted by atomic mass is 15.2. The van der Waals surface area contributed by atoms with Crippen molar-refractivity contribution in [3.8, 4) is 0 Å². The first-order valence-corrected chi connectivity index (χ1v) is 6.93. The topological polar surface area (TPSA) is 76.7 Å². The van der Waals surface area contributed by atoms with Gasteiger partial charge in [0.1, 0.15) is 5.52 Å². The van der Waals surface area contributed by atoms with Gasteiger partial charge in [0.15, 0.2) is 0 Å². The predicted octanol–water partition coefficient (Wildman–Crippen LogP) is 1.95. The third kappa shape index (κ3) is 2.66. The predicted molar refractivity (Wildman–Crippen MR) is 75.8 cm³/mol. The average Bonchev–Trinajstić information content (AvgIpc) is 2.48. The second-order valence-corrected chi connectivity index (χ2v) is 5.16. The Morgan fingerprint density at radius 3 is 2.74 bits per heavy atom. The lowest BCUT2D eigenvalue weighted by Crippen LogP contribution is -2.37. The number of anilines is 1. The van der Waals surface area contributed by atoms with Crippen LogP contribution in [0.1, 0.15) is 25.7 Å². The Morgan fingerprint density at radius 1 is 1.11 bits per heavy atom. The molecule has 1 saturated carbocycles. The van der Waals surface area contributed by atoms with E-state index in [1.807, 2.05) is 24.3 Å². The molecule has 0 radical (unpaired) electrons. The van der Waals surface area contributed by atoms with Gasteiger partial charge >= 0.3 is 0 Å². The first kappa shape index (κ1) is 12.3. The Balaban J connectivity index is 1.80. The minimum absolute atomic E-state index is 0.377. The molecule has 1 aliphatic rings. The molecular weight excluding hydrogens is 238 g/mol. The van der Waals surface area contributed by atoms with Crippen LogP contribution in [0.25, 0.3) is 11.0 Å². The smallest absolute Gasteiger partial charge is 0.243 e. The van der Waals surface area contributed by atoms with Crippen molar-refractivity contribution in [3.05, 3.63) is 24.3 Å². The number of rotatable bonds is 3. The van der Waals surface area contributed by atoms with E-state index in [0.29, 0.717) is 17.9 Å². The van der Waals surface area contributed by atoms with Crippen LogP contribution in [0.3, 0.4) is 0 Å². The molecule has 0 amide bonds. The van der Waals surface area contributed by atoms with E-state index < -0.39 is 0 Å². The van der Waals surface area contributed by atoms with E-state index in [1.165, 1.54) is 19.3 Å². The third-order valence-electron chi connectivity index (χ3n) is 3.89. The molecule has 0 bridgehead atoms. The summed E-state index contributed by atoms with van der Waals surface area (Å²) in [5, 5.41) is 11.8. The number of hydrogen-bond acceptors (Lipinski definition) is 5. The molecule has 2 aromatic rings. The van der Waals surface area contributed by atoms with Crippen LogP contribution in [-0.4, -0.2) is 27.8 Å². The normalized spacial score (nSPS) is 23.4. The van der Waals surface area contributed by atoms with Gasteiger partial charge in [0.2, 0.25) is 5.95 Å². The highest BCUT2D eigenvalue weighted by Gasteiger charge is 2.24. The van der Waals surface area contributed by atoms with Crippen molar-refractivity contribution in [3.63, 3.8) is 0 Å². The number of nitrogens with two attached hydrogens (primary N) is 1. The molecule has 1 aromatic carbocycles. The summed E-state index contributed by atoms with van der Waals surface area (Å²) < 4.78 is 0. The van der Waals surface area contributed by atoms with Crippen LogP contribution < -0.4 is 11.1 Å². The lowest BCUT2D eigenvalue weighted by molar-refractivity contribution is 0.331. The Bertz CT molecular complexity index is 556. The Labute approximate surface area is 112 Å². The van der Waals surface area contributed by atoms with Crippen LogP contribution in [0, 0.1) is 5.92 Å². The average molecular weight is 257 g/mol. The molecule has 0 saturated heterocycles. The molecule has 19 heavy (non-hydrogen) atoms. The zero-order chi connectivity index (χ0) is 13.1. The van der Waals surface area contributed by atoms with Gasteiger partial charge in [-0.15, -0.1) is 10.2 Å². The van der Waals surface area contributed by atoms with E-state index in [0.717, 1.165) is 24.0 Å². The van der Waals surface area contributed by atoms with E-state index in [4.69, 9.17) is 5.73 Å². The van der Waals surface area contributed by atoms with E-state index in [2.05, 4.69) is 20.5 Å². The molecule has 3 N–H and O–H groups in total. The fourth-order valence-corrected chi connectivity index (χ4v) is 2.79. The van der Waals surface area contributed by atoms with Crippen LogP contribution in [0.4, 0.5) is 5.95 Å². The summed E-state index contributed by atoms with van der Waals surface area (Å²) in [6.45, 7) is 0.721. The molecule has 5 nitrogen and oxygen atoms in total. The molecule has 1 aromatic heterocycles. The van der Waals surface area contributed by atoms with Gasteiger partial charge in [0, 0.05) is 6.04 Å². The van der Waals surface area contributed by atoms with Crippen molar-refractivity contribution < 1.29 is 0 Å². The van der Waals surface area contributed by atoms with Crippen LogP contribution >= 0.6 is 0 Å². The Morgan fingerprint density at radius 2 is 1.89 bits per heavy atom. The number of hydrogen-bond donors (Lipinski definition) is 2. The quantitative estimate of drug-likeness (QED) is 0.879. The van der Waals surface area contributed by atoms with E-state index in [9.17, 15) is 0 Å². The second kappa shape index (κ2) is 5.48. The van der Waals surface area contributed by atoms with Gasteiger partial charge < -0.3 is 11.1 Å². The maximum Gasteiger partial charge on any atom is 0.243 e. The summed E-state index contributed by atoms with van der Waals surface area (Å²) in [4.78, 5) is 4.51. The van der Waals surface area contributed by atoms with Gasteiger partial charge in [-0.1, -0.05) is 25.0 Å². The number of benzene rings is 1. The number of nitrogens with zero attached hydrogens (tertiary/aromatic N) is 3. The summed E-state index contributed by atoms with van der Waals surface area (Å²) >= 11 is 0. The van der Waals surface area contributed by atoms with Gasteiger partial charge in [-0.2, -0.15) is 0 Å². The molecule has 0 aliphatic heterocycles. The standard InChI is InChI=1S/C14H19N5/c15-9-10-5-1-2-6-11(10)16-14-17-12-7-3-4-8-13(12)18-19-14/h3-4,7-8,10-11H,1-2,5-6,9,15H2,(H,16,17,19). The molecule has 1 heterocycles. The van der Waals surface area contributed by atoms with Crippen molar-refractivity contribution in [2.24, 2.45) is 11.7 Å². The van der Waals surface area contributed by atoms with E-state index in [-0.39, 0.29) is 0 Å². The summed E-state index contributed by atoms with van der Waals surface area (Å²) in [5.74, 6) is 1.13. The zero-order valence-corrected chi connectivity index (χ0v) is 10.9. The molecule has 3 rings (SSSR count). The first-order chi connectivity index (χ1) is 9.36. The van der Waals surface area contributed by atoms with Crippen LogP contribution in [-0.2, 0) is 0 Å². The number of aromatic nitrogens is 3. The maximum atomic E-state index is 5.84. The van der Waals surface area contributed by atoms with Crippen LogP contribution in [0.5, 0.6) is 0 Å². The SMILES string of the molecule is NCC1CCCCC1Nc1nnc2ccccc2n1. The highest BCUT2D eigenvalue weighted by Crippen LogP contribution is 2.25. The summed E-state index contributed by atoms with van der Waals surface area (Å²) in [7, 11) is 0. The fraction of sp³-hybridized carbons (Fsp3) is 0.500. The van der Waals surface area contributed by atoms with Gasteiger partial charge in [0.25, 0.3) is 0 Å². The van der Waals surface area contributed by atoms with Crippen molar-refractivity contribution in [1.82, 2.24) is 15.2 Å². The monoisotopic (exact) mass is 257 g/mol. The molecule has 1 fully saturated rings. The van der Waals surface area contributed by atoms with Crippen molar-refractivity contribution >= 4 is 17.0 Å². The van der Waals surface area contributed by atoms with Crippen LogP contribution in [0.2, 0.25) is 0 Å². The third-order valence-corrected chi connectivity index (χ3v) is 3.89. The molecule has 5 heteroatoms. The zero-order valence-electron chi connectivity index (χ0n) is 10.9. The Kier molecular flexibility index (Phi) is 3.55. The summed E-state index contributed by atoms with van der Waals surface area (Å²) in [6, 6.07) is 8.15. The minimum atomic E-state index is 0.377. The van der Waals surface area contributed by atoms with Crippen molar-refractivity contribution in [2.45, 2.75) is 31.7 Å². The first-order valence-electron chi connectivity index (χ1n) is 6.93. The molecule has 2 unspecified atom stereocenters. The second-order valence-electron chi connectivity index (χ2n) is 5.16. The van der Waals surface area contributed by atoms with Crippen molar-refractivity contribution in [1.29, 1.82) is 0 Å². The van der Waals surface area contributed by atoms with Gasteiger partial charge in [-0.25, -0.2) is 4.98 Å². The maximum absolute atomic E-state index is 5.84. The molecular formula is C14H19N5. The number of nitrogens with one attached hydrogen (secondary N) is 1. The molecule has 2 atom stereocenters. The highest BCUT2D eigenvalue weighted by molar-refractivity contribution is 5.74. The molecule has 100 valence electrons. The largest absolute Gasteiger partial charge is 0.350 e. The summed E-state index contributed by atoms with van der Waals surface area (Å²) in [5.41, 5.74) is 7.54. The van der Waals surface area contributed by atoms with Crippen LogP contribution in [0.15, 0.2) is 24.3 Å². The number of fused-ring (bicyclic) bond motifs is 1. The van der Waals surface area contributed by atoms with Gasteiger partial charge in [-0.05, 0) is 37.4 Å². The lowest BCUT2D eigenvalue weighted by atomic mass is 9.84. The minimum Gasteiger partial charge on any atom is -0.350 e. The van der Waals surface area contributed by atoms with E-state index in [1.54, 1.807) is 0 Å². The summed E-state index contributed by atoms with van der Waals surface area (Å²) in [6.07, 6.45) is 4.85. The lowest BCUT2D eigenvalue weighted by Gasteiger charge is -2.31. The number of para-hydroxylation sites is 1. The molecule has 0 spiro atoms. The van der Waals surface area contributed by atoms with Crippen molar-refractivity contribution in [2.75, 3.05) is 11.9 Å². The van der Waals surface area contributed by atoms with E-state index >= 15 is 0 Å². The fourth-order valence-electron chi connectivity index (χ4n) is 2.79. The van der Waals surface area contributed by atoms with Gasteiger partial charge in [-0.3, -0.25) is 0 Å².